The van der Waals surface area contributed by atoms with Crippen LogP contribution >= 0.6 is 0 Å². The van der Waals surface area contributed by atoms with Crippen LogP contribution in [0.25, 0.3) is 0 Å². The van der Waals surface area contributed by atoms with E-state index < -0.39 is 10.0 Å². The van der Waals surface area contributed by atoms with E-state index in [9.17, 15) is 8.42 Å². The number of nitrogens with one attached hydrogen (secondary N) is 1. The van der Waals surface area contributed by atoms with Gasteiger partial charge in [-0.1, -0.05) is 45.9 Å². The van der Waals surface area contributed by atoms with Crippen molar-refractivity contribution in [2.45, 2.75) is 39.1 Å². The molecule has 4 nitrogen and oxygen atoms in total. The van der Waals surface area contributed by atoms with E-state index >= 15 is 0 Å². The quantitative estimate of drug-likeness (QED) is 0.803. The molecule has 1 rings (SSSR count). The lowest BCUT2D eigenvalue weighted by Crippen LogP contribution is -2.37. The molecule has 0 bridgehead atoms. The second-order valence-corrected chi connectivity index (χ2v) is 8.15. The Morgan fingerprint density at radius 1 is 1.05 bits per heavy atom. The van der Waals surface area contributed by atoms with Gasteiger partial charge in [-0.05, 0) is 30.5 Å². The maximum absolute atomic E-state index is 13.0. The summed E-state index contributed by atoms with van der Waals surface area (Å²) < 4.78 is 27.6. The molecule has 0 unspecified atom stereocenters. The zero-order valence-corrected chi connectivity index (χ0v) is 14.6. The molecule has 1 aromatic carbocycles. The number of sulfonamides is 1. The van der Waals surface area contributed by atoms with Crippen LogP contribution in [0, 0.1) is 11.8 Å². The van der Waals surface area contributed by atoms with Crippen LogP contribution in [0.15, 0.2) is 29.2 Å². The van der Waals surface area contributed by atoms with E-state index in [0.29, 0.717) is 36.4 Å². The lowest BCUT2D eigenvalue weighted by Gasteiger charge is -2.26. The van der Waals surface area contributed by atoms with Crippen LogP contribution in [-0.2, 0) is 16.6 Å². The van der Waals surface area contributed by atoms with Gasteiger partial charge in [-0.25, -0.2) is 8.42 Å². The summed E-state index contributed by atoms with van der Waals surface area (Å²) in [5, 5.41) is 3.03. The maximum atomic E-state index is 13.0. The molecular formula is C16H28N2O2S. The minimum Gasteiger partial charge on any atom is -0.316 e. The molecule has 0 heterocycles. The Balaban J connectivity index is 3.21. The number of benzene rings is 1. The van der Waals surface area contributed by atoms with Crippen molar-refractivity contribution >= 4 is 10.0 Å². The van der Waals surface area contributed by atoms with Gasteiger partial charge in [0.2, 0.25) is 10.0 Å². The van der Waals surface area contributed by atoms with Gasteiger partial charge in [0.05, 0.1) is 4.90 Å². The summed E-state index contributed by atoms with van der Waals surface area (Å²) in [7, 11) is -1.63. The summed E-state index contributed by atoms with van der Waals surface area (Å²) in [6.45, 7) is 9.82. The fraction of sp³-hybridized carbons (Fsp3) is 0.625. The molecule has 0 saturated carbocycles. The molecule has 0 radical (unpaired) electrons. The van der Waals surface area contributed by atoms with Gasteiger partial charge in [0.1, 0.15) is 0 Å². The van der Waals surface area contributed by atoms with Crippen molar-refractivity contribution in [3.8, 4) is 0 Å². The number of nitrogens with zero attached hydrogens (tertiary/aromatic N) is 1. The molecule has 0 aromatic heterocycles. The minimum absolute atomic E-state index is 0.301. The first-order valence-corrected chi connectivity index (χ1v) is 8.95. The van der Waals surface area contributed by atoms with Gasteiger partial charge in [-0.2, -0.15) is 4.31 Å². The van der Waals surface area contributed by atoms with Gasteiger partial charge >= 0.3 is 0 Å². The van der Waals surface area contributed by atoms with Crippen LogP contribution in [0.5, 0.6) is 0 Å². The van der Waals surface area contributed by atoms with Crippen molar-refractivity contribution in [2.75, 3.05) is 20.1 Å². The molecule has 0 aliphatic heterocycles. The Morgan fingerprint density at radius 2 is 1.57 bits per heavy atom. The first-order valence-electron chi connectivity index (χ1n) is 7.51. The van der Waals surface area contributed by atoms with Gasteiger partial charge in [-0.15, -0.1) is 0 Å². The predicted molar refractivity (Wildman–Crippen MR) is 87.6 cm³/mol. The third kappa shape index (κ3) is 5.09. The van der Waals surface area contributed by atoms with E-state index in [-0.39, 0.29) is 0 Å². The van der Waals surface area contributed by atoms with Crippen molar-refractivity contribution in [2.24, 2.45) is 11.8 Å². The maximum Gasteiger partial charge on any atom is 0.243 e. The normalized spacial score (nSPS) is 12.6. The van der Waals surface area contributed by atoms with Crippen LogP contribution in [0.1, 0.15) is 33.3 Å². The molecule has 0 atom stereocenters. The molecule has 21 heavy (non-hydrogen) atoms. The molecule has 5 heteroatoms. The SMILES string of the molecule is CNCc1ccccc1S(=O)(=O)N(CC(C)C)CC(C)C. The van der Waals surface area contributed by atoms with E-state index in [2.05, 4.69) is 5.32 Å². The topological polar surface area (TPSA) is 49.4 Å². The second kappa shape index (κ2) is 7.92. The lowest BCUT2D eigenvalue weighted by molar-refractivity contribution is 0.333. The second-order valence-electron chi connectivity index (χ2n) is 6.25. The van der Waals surface area contributed by atoms with E-state index in [1.54, 1.807) is 16.4 Å². The average molecular weight is 312 g/mol. The van der Waals surface area contributed by atoms with Crippen LogP contribution in [0.2, 0.25) is 0 Å². The van der Waals surface area contributed by atoms with Crippen molar-refractivity contribution in [1.29, 1.82) is 0 Å². The molecule has 1 N–H and O–H groups in total. The molecule has 0 spiro atoms. The Bertz CT molecular complexity index is 529. The Labute approximate surface area is 129 Å². The summed E-state index contributed by atoms with van der Waals surface area (Å²) in [5.74, 6) is 0.602. The first-order chi connectivity index (χ1) is 9.78. The van der Waals surface area contributed by atoms with E-state index in [1.807, 2.05) is 46.9 Å². The Hall–Kier alpha value is -0.910. The third-order valence-electron chi connectivity index (χ3n) is 3.10. The van der Waals surface area contributed by atoms with Gasteiger partial charge < -0.3 is 5.32 Å². The van der Waals surface area contributed by atoms with Crippen LogP contribution in [-0.4, -0.2) is 32.9 Å². The van der Waals surface area contributed by atoms with Crippen molar-refractivity contribution in [1.82, 2.24) is 9.62 Å². The molecule has 0 amide bonds. The zero-order chi connectivity index (χ0) is 16.0. The summed E-state index contributed by atoms with van der Waals surface area (Å²) in [4.78, 5) is 0.417. The lowest BCUT2D eigenvalue weighted by atomic mass is 10.2. The highest BCUT2D eigenvalue weighted by atomic mass is 32.2. The smallest absolute Gasteiger partial charge is 0.243 e. The molecule has 0 aliphatic carbocycles. The standard InChI is InChI=1S/C16H28N2O2S/c1-13(2)11-18(12-14(3)4)21(19,20)16-9-7-6-8-15(16)10-17-5/h6-9,13-14,17H,10-12H2,1-5H3. The van der Waals surface area contributed by atoms with Crippen molar-refractivity contribution in [3.05, 3.63) is 29.8 Å². The largest absolute Gasteiger partial charge is 0.316 e. The first kappa shape index (κ1) is 18.1. The molecule has 0 saturated heterocycles. The van der Waals surface area contributed by atoms with Crippen LogP contribution < -0.4 is 5.32 Å². The highest BCUT2D eigenvalue weighted by Crippen LogP contribution is 2.22. The fourth-order valence-corrected chi connectivity index (χ4v) is 4.31. The van der Waals surface area contributed by atoms with E-state index in [4.69, 9.17) is 0 Å². The predicted octanol–water partition coefficient (Wildman–Crippen LogP) is 2.71. The average Bonchev–Trinajstić information content (AvgIpc) is 2.37. The minimum atomic E-state index is -3.45. The van der Waals surface area contributed by atoms with Crippen LogP contribution in [0.3, 0.4) is 0 Å². The zero-order valence-electron chi connectivity index (χ0n) is 13.8. The monoisotopic (exact) mass is 312 g/mol. The van der Waals surface area contributed by atoms with Gasteiger partial charge in [0, 0.05) is 19.6 Å². The van der Waals surface area contributed by atoms with Gasteiger partial charge in [-0.3, -0.25) is 0 Å². The van der Waals surface area contributed by atoms with E-state index in [1.165, 1.54) is 0 Å². The number of hydrogen-bond donors (Lipinski definition) is 1. The van der Waals surface area contributed by atoms with Gasteiger partial charge in [0.15, 0.2) is 0 Å². The van der Waals surface area contributed by atoms with Crippen molar-refractivity contribution in [3.63, 3.8) is 0 Å². The van der Waals surface area contributed by atoms with E-state index in [0.717, 1.165) is 5.56 Å². The highest BCUT2D eigenvalue weighted by Gasteiger charge is 2.27. The molecule has 1 aromatic rings. The number of rotatable bonds is 8. The molecule has 120 valence electrons. The van der Waals surface area contributed by atoms with Gasteiger partial charge in [0.25, 0.3) is 0 Å². The molecule has 0 aliphatic rings. The van der Waals surface area contributed by atoms with Crippen LogP contribution in [0.4, 0.5) is 0 Å². The summed E-state index contributed by atoms with van der Waals surface area (Å²) >= 11 is 0. The summed E-state index contributed by atoms with van der Waals surface area (Å²) in [5.41, 5.74) is 0.817. The Morgan fingerprint density at radius 3 is 2.05 bits per heavy atom. The number of hydrogen-bond acceptors (Lipinski definition) is 3. The highest BCUT2D eigenvalue weighted by molar-refractivity contribution is 7.89. The molecular weight excluding hydrogens is 284 g/mol. The summed E-state index contributed by atoms with van der Waals surface area (Å²) in [6, 6.07) is 7.23. The summed E-state index contributed by atoms with van der Waals surface area (Å²) in [6.07, 6.45) is 0. The Kier molecular flexibility index (Phi) is 6.84. The van der Waals surface area contributed by atoms with Crippen molar-refractivity contribution < 1.29 is 8.42 Å². The fourth-order valence-electron chi connectivity index (χ4n) is 2.32. The molecule has 0 fully saturated rings. The third-order valence-corrected chi connectivity index (χ3v) is 5.03.